The number of nitrogens with one attached hydrogen (secondary N) is 2. The highest BCUT2D eigenvalue weighted by Gasteiger charge is 2.54. The van der Waals surface area contributed by atoms with Gasteiger partial charge in [-0.25, -0.2) is 9.18 Å². The minimum absolute atomic E-state index is 0.0129. The first-order valence-electron chi connectivity index (χ1n) is 20.9. The Bertz CT molecular complexity index is 2090. The Kier molecular flexibility index (Phi) is 12.0. The summed E-state index contributed by atoms with van der Waals surface area (Å²) in [6, 6.07) is 11.0. The van der Waals surface area contributed by atoms with Gasteiger partial charge in [-0.3, -0.25) is 19.1 Å². The van der Waals surface area contributed by atoms with Crippen LogP contribution >= 0.6 is 0 Å². The van der Waals surface area contributed by atoms with Gasteiger partial charge in [0.25, 0.3) is 11.8 Å². The SMILES string of the molecule is CCn1nccc1C(=O)N[C@H](C(=O)Nc1cc2c(cc1F)C(N1C[C@@H](C(F)(F)F)OC(COC)C1=O)CC1(CCN(C(=O)OCc3ccccc3)CC1)O2)C(C1CC1)C1CC1. The molecule has 2 aromatic carbocycles. The molecular weight excluding hydrogens is 804 g/mol. The maximum Gasteiger partial charge on any atom is 0.416 e. The lowest BCUT2D eigenvalue weighted by Crippen LogP contribution is -2.60. The van der Waals surface area contributed by atoms with Gasteiger partial charge in [0, 0.05) is 63.8 Å². The number of amides is 4. The van der Waals surface area contributed by atoms with E-state index in [1.54, 1.807) is 6.07 Å². The first kappa shape index (κ1) is 42.5. The zero-order valence-electron chi connectivity index (χ0n) is 34.0. The van der Waals surface area contributed by atoms with E-state index in [0.717, 1.165) is 42.2 Å². The molecule has 0 bridgehead atoms. The van der Waals surface area contributed by atoms with Crippen LogP contribution in [0.5, 0.6) is 5.75 Å². The first-order chi connectivity index (χ1) is 29.3. The summed E-state index contributed by atoms with van der Waals surface area (Å²) in [5.74, 6) is -2.46. The van der Waals surface area contributed by atoms with Crippen LogP contribution in [0, 0.1) is 23.6 Å². The third-order valence-corrected chi connectivity index (χ3v) is 12.6. The third-order valence-electron chi connectivity index (χ3n) is 12.6. The summed E-state index contributed by atoms with van der Waals surface area (Å²) < 4.78 is 83.4. The average Bonchev–Trinajstić information content (AvgIpc) is 4.20. The number of piperidine rings is 1. The summed E-state index contributed by atoms with van der Waals surface area (Å²) in [5.41, 5.74) is -0.170. The van der Waals surface area contributed by atoms with Crippen LogP contribution in [0.1, 0.15) is 79.5 Å². The molecule has 18 heteroatoms. The van der Waals surface area contributed by atoms with Crippen molar-refractivity contribution < 1.29 is 55.7 Å². The van der Waals surface area contributed by atoms with E-state index in [9.17, 15) is 32.3 Å². The standard InChI is InChI=1S/C43H50F4N6O8/c1-3-53-31(13-16-48-53)38(54)50-37(36(26-9-10-26)27-11-12-27)39(55)49-30-20-33-28(19-29(30)44)32(52-22-35(43(45,46)47)60-34(24-58-2)40(52)56)21-42(61-33)14-17-51(18-15-42)41(57)59-23-25-7-5-4-6-8-25/h4-8,13,16,19-20,26-27,32,34-37H,3,9-12,14-15,17-18,21-24H2,1-2H3,(H,49,55)(H,50,54)/t32?,34?,35-,37-/m0/s1. The molecule has 1 spiro atoms. The van der Waals surface area contributed by atoms with E-state index in [-0.39, 0.29) is 79.4 Å². The Morgan fingerprint density at radius 3 is 2.38 bits per heavy atom. The number of aryl methyl sites for hydroxylation is 1. The second kappa shape index (κ2) is 17.3. The number of ether oxygens (including phenoxy) is 4. The van der Waals surface area contributed by atoms with Crippen molar-refractivity contribution in [3.8, 4) is 5.75 Å². The quantitative estimate of drug-likeness (QED) is 0.197. The Labute approximate surface area is 350 Å². The minimum atomic E-state index is -4.83. The lowest BCUT2D eigenvalue weighted by atomic mass is 9.79. The van der Waals surface area contributed by atoms with Gasteiger partial charge in [0.15, 0.2) is 12.2 Å². The molecule has 8 rings (SSSR count). The van der Waals surface area contributed by atoms with Crippen LogP contribution in [-0.4, -0.2) is 107 Å². The Morgan fingerprint density at radius 1 is 1.03 bits per heavy atom. The fourth-order valence-corrected chi connectivity index (χ4v) is 9.15. The maximum absolute atomic E-state index is 16.4. The number of morpholine rings is 1. The molecule has 1 aromatic heterocycles. The summed E-state index contributed by atoms with van der Waals surface area (Å²) in [5, 5.41) is 9.83. The average molecular weight is 855 g/mol. The largest absolute Gasteiger partial charge is 0.487 e. The number of alkyl halides is 3. The highest BCUT2D eigenvalue weighted by atomic mass is 19.4. The van der Waals surface area contributed by atoms with Crippen molar-refractivity contribution in [1.82, 2.24) is 24.9 Å². The van der Waals surface area contributed by atoms with Gasteiger partial charge in [0.1, 0.15) is 35.5 Å². The fraction of sp³-hybridized carbons (Fsp3) is 0.558. The van der Waals surface area contributed by atoms with Gasteiger partial charge in [-0.15, -0.1) is 0 Å². The Morgan fingerprint density at radius 2 is 1.74 bits per heavy atom. The van der Waals surface area contributed by atoms with Crippen molar-refractivity contribution in [3.63, 3.8) is 0 Å². The van der Waals surface area contributed by atoms with E-state index in [2.05, 4.69) is 15.7 Å². The number of likely N-dealkylation sites (tertiary alicyclic amines) is 1. The number of fused-ring (bicyclic) bond motifs is 1. The lowest BCUT2D eigenvalue weighted by molar-refractivity contribution is -0.256. The highest BCUT2D eigenvalue weighted by molar-refractivity contribution is 6.01. The zero-order valence-corrected chi connectivity index (χ0v) is 34.0. The van der Waals surface area contributed by atoms with Crippen LogP contribution in [0.25, 0.3) is 0 Å². The molecular formula is C43H50F4N6O8. The number of methoxy groups -OCH3 is 1. The summed E-state index contributed by atoms with van der Waals surface area (Å²) >= 11 is 0. The molecule has 2 saturated heterocycles. The van der Waals surface area contributed by atoms with Gasteiger partial charge in [-0.05, 0) is 68.1 Å². The van der Waals surface area contributed by atoms with Crippen molar-refractivity contribution in [3.05, 3.63) is 77.4 Å². The molecule has 3 aromatic rings. The monoisotopic (exact) mass is 854 g/mol. The van der Waals surface area contributed by atoms with Crippen molar-refractivity contribution in [1.29, 1.82) is 0 Å². The van der Waals surface area contributed by atoms with Gasteiger partial charge in [0.2, 0.25) is 5.91 Å². The molecule has 4 fully saturated rings. The number of halogens is 4. The number of rotatable bonds is 13. The molecule has 328 valence electrons. The van der Waals surface area contributed by atoms with Crippen LogP contribution in [0.2, 0.25) is 0 Å². The van der Waals surface area contributed by atoms with Gasteiger partial charge < -0.3 is 39.4 Å². The summed E-state index contributed by atoms with van der Waals surface area (Å²) in [7, 11) is 1.24. The van der Waals surface area contributed by atoms with Gasteiger partial charge >= 0.3 is 12.3 Å². The smallest absolute Gasteiger partial charge is 0.416 e. The van der Waals surface area contributed by atoms with Crippen LogP contribution in [0.3, 0.4) is 0 Å². The zero-order chi connectivity index (χ0) is 43.1. The molecule has 14 nitrogen and oxygen atoms in total. The number of anilines is 1. The third kappa shape index (κ3) is 9.20. The van der Waals surface area contributed by atoms with Gasteiger partial charge in [-0.1, -0.05) is 30.3 Å². The number of hydrogen-bond donors (Lipinski definition) is 2. The number of hydrogen-bond acceptors (Lipinski definition) is 9. The molecule has 3 aliphatic heterocycles. The van der Waals surface area contributed by atoms with Crippen molar-refractivity contribution in [2.75, 3.05) is 38.7 Å². The number of benzene rings is 2. The topological polar surface area (TPSA) is 154 Å². The lowest BCUT2D eigenvalue weighted by Gasteiger charge is -2.50. The van der Waals surface area contributed by atoms with E-state index in [0.29, 0.717) is 6.54 Å². The van der Waals surface area contributed by atoms with Crippen LogP contribution in [0.15, 0.2) is 54.7 Å². The number of carbonyl (C=O) groups excluding carboxylic acids is 4. The minimum Gasteiger partial charge on any atom is -0.487 e. The molecule has 2 saturated carbocycles. The predicted molar refractivity (Wildman–Crippen MR) is 210 cm³/mol. The molecule has 5 aliphatic rings. The second-order valence-electron chi connectivity index (χ2n) is 16.7. The molecule has 61 heavy (non-hydrogen) atoms. The summed E-state index contributed by atoms with van der Waals surface area (Å²) in [6.45, 7) is 1.36. The normalized spacial score (nSPS) is 23.0. The number of aromatic nitrogens is 2. The molecule has 0 radical (unpaired) electrons. The van der Waals surface area contributed by atoms with E-state index in [1.807, 2.05) is 37.3 Å². The van der Waals surface area contributed by atoms with Crippen LogP contribution < -0.4 is 15.4 Å². The first-order valence-corrected chi connectivity index (χ1v) is 20.9. The molecule has 2 unspecified atom stereocenters. The number of nitrogens with zero attached hydrogens (tertiary/aromatic N) is 4. The van der Waals surface area contributed by atoms with E-state index in [1.165, 1.54) is 29.0 Å². The Balaban J connectivity index is 1.09. The van der Waals surface area contributed by atoms with E-state index >= 15 is 4.39 Å². The van der Waals surface area contributed by atoms with Crippen molar-refractivity contribution in [2.24, 2.45) is 17.8 Å². The molecule has 2 N–H and O–H groups in total. The molecule has 2 aliphatic carbocycles. The summed E-state index contributed by atoms with van der Waals surface area (Å²) in [4.78, 5) is 57.6. The van der Waals surface area contributed by atoms with Gasteiger partial charge in [-0.2, -0.15) is 18.3 Å². The summed E-state index contributed by atoms with van der Waals surface area (Å²) in [6.07, 6.45) is -3.78. The number of carbonyl (C=O) groups is 4. The maximum atomic E-state index is 16.4. The fourth-order valence-electron chi connectivity index (χ4n) is 9.15. The molecule has 4 heterocycles. The van der Waals surface area contributed by atoms with Crippen LogP contribution in [-0.2, 0) is 37.0 Å². The van der Waals surface area contributed by atoms with Crippen molar-refractivity contribution in [2.45, 2.75) is 101 Å². The van der Waals surface area contributed by atoms with E-state index in [4.69, 9.17) is 18.9 Å². The molecule has 4 amide bonds. The molecule has 4 atom stereocenters. The van der Waals surface area contributed by atoms with Crippen molar-refractivity contribution >= 4 is 29.5 Å². The van der Waals surface area contributed by atoms with Crippen LogP contribution in [0.4, 0.5) is 28.0 Å². The Hall–Kier alpha value is -5.23. The highest BCUT2D eigenvalue weighted by Crippen LogP contribution is 2.52. The van der Waals surface area contributed by atoms with E-state index < -0.39 is 78.9 Å². The predicted octanol–water partition coefficient (Wildman–Crippen LogP) is 6.02. The van der Waals surface area contributed by atoms with Gasteiger partial charge in [0.05, 0.1) is 24.9 Å². The second-order valence-corrected chi connectivity index (χ2v) is 16.7.